The summed E-state index contributed by atoms with van der Waals surface area (Å²) in [4.78, 5) is 9.64. The van der Waals surface area contributed by atoms with Crippen LogP contribution in [0.5, 0.6) is 0 Å². The van der Waals surface area contributed by atoms with Gasteiger partial charge in [0.25, 0.3) is 0 Å². The van der Waals surface area contributed by atoms with Crippen LogP contribution in [0.3, 0.4) is 0 Å². The second-order valence-corrected chi connectivity index (χ2v) is 16.7. The SMILES string of the molecule is Cc1cc(C)cc(N2c3ccccc3N(c3ccc4cc(N5c6ccccc6N(c6cc(C)cc(C)c6)c6cc7c(cc65)oc5ccccc57)ccc4c3)c3ccccc32)c1. The van der Waals surface area contributed by atoms with E-state index >= 15 is 0 Å². The highest BCUT2D eigenvalue weighted by molar-refractivity contribution is 6.12. The molecule has 2 aliphatic heterocycles. The van der Waals surface area contributed by atoms with Crippen molar-refractivity contribution in [2.24, 2.45) is 0 Å². The molecule has 1 aromatic heterocycles. The van der Waals surface area contributed by atoms with Crippen molar-refractivity contribution in [1.82, 2.24) is 0 Å². The van der Waals surface area contributed by atoms with Crippen molar-refractivity contribution in [3.05, 3.63) is 204 Å². The fourth-order valence-electron chi connectivity index (χ4n) is 9.92. The number of aryl methyl sites for hydroxylation is 4. The number of nitrogens with zero attached hydrogens (tertiary/aromatic N) is 4. The number of anilines is 12. The minimum atomic E-state index is 0.869. The number of hydrogen-bond donors (Lipinski definition) is 0. The third-order valence-electron chi connectivity index (χ3n) is 12.3. The number of rotatable bonds is 4. The van der Waals surface area contributed by atoms with Gasteiger partial charge in [0.1, 0.15) is 11.2 Å². The van der Waals surface area contributed by atoms with Crippen LogP contribution in [-0.2, 0) is 0 Å². The van der Waals surface area contributed by atoms with E-state index in [9.17, 15) is 0 Å². The van der Waals surface area contributed by atoms with Gasteiger partial charge in [-0.25, -0.2) is 0 Å². The average Bonchev–Trinajstić information content (AvgIpc) is 3.63. The lowest BCUT2D eigenvalue weighted by Crippen LogP contribution is -2.24. The molecule has 5 heteroatoms. The predicted molar refractivity (Wildman–Crippen MR) is 256 cm³/mol. The van der Waals surface area contributed by atoms with Gasteiger partial charge in [0, 0.05) is 39.6 Å². The van der Waals surface area contributed by atoms with Crippen molar-refractivity contribution < 1.29 is 4.42 Å². The number of para-hydroxylation sites is 7. The van der Waals surface area contributed by atoms with Crippen LogP contribution in [-0.4, -0.2) is 0 Å². The van der Waals surface area contributed by atoms with Gasteiger partial charge in [0.05, 0.1) is 45.5 Å². The van der Waals surface area contributed by atoms with Crippen LogP contribution in [0.25, 0.3) is 32.7 Å². The second-order valence-electron chi connectivity index (χ2n) is 16.7. The lowest BCUT2D eigenvalue weighted by molar-refractivity contribution is 0.669. The summed E-state index contributed by atoms with van der Waals surface area (Å²) in [5.74, 6) is 0. The summed E-state index contributed by atoms with van der Waals surface area (Å²) in [6.07, 6.45) is 0. The molecule has 0 fully saturated rings. The van der Waals surface area contributed by atoms with E-state index in [0.717, 1.165) is 89.9 Å². The molecule has 292 valence electrons. The monoisotopic (exact) mass is 786 g/mol. The lowest BCUT2D eigenvalue weighted by atomic mass is 10.00. The maximum Gasteiger partial charge on any atom is 0.137 e. The summed E-state index contributed by atoms with van der Waals surface area (Å²) in [7, 11) is 0. The molecular weight excluding hydrogens is 745 g/mol. The Balaban J connectivity index is 1.01. The first-order valence-electron chi connectivity index (χ1n) is 21.0. The minimum absolute atomic E-state index is 0.869. The second kappa shape index (κ2) is 13.4. The molecule has 9 aromatic carbocycles. The van der Waals surface area contributed by atoms with Gasteiger partial charge < -0.3 is 24.0 Å². The van der Waals surface area contributed by atoms with Gasteiger partial charge in [-0.1, -0.05) is 78.9 Å². The Kier molecular flexibility index (Phi) is 7.72. The fraction of sp³-hybridized carbons (Fsp3) is 0.0714. The van der Waals surface area contributed by atoms with Crippen LogP contribution in [0.15, 0.2) is 186 Å². The van der Waals surface area contributed by atoms with E-state index in [-0.39, 0.29) is 0 Å². The Hall–Kier alpha value is -7.76. The number of benzene rings is 9. The first kappa shape index (κ1) is 35.2. The highest BCUT2D eigenvalue weighted by Crippen LogP contribution is 2.57. The predicted octanol–water partition coefficient (Wildman–Crippen LogP) is 16.5. The Morgan fingerprint density at radius 2 is 0.656 bits per heavy atom. The standard InChI is InChI=1S/C56H42N4O/c1-35-25-36(2)28-43(27-35)59-50-17-9-6-14-47(50)57(48-15-7-10-18-51(48)59)41-23-21-40-32-42(24-22-39(40)31-41)58-49-16-8-11-19-52(49)60(44-29-37(3)26-38(4)30-44)53-33-46-45-13-5-12-20-55(45)61-56(46)34-54(53)58/h5-34H,1-4H3. The maximum absolute atomic E-state index is 6.55. The first-order chi connectivity index (χ1) is 29.9. The molecule has 5 nitrogen and oxygen atoms in total. The van der Waals surface area contributed by atoms with Gasteiger partial charge >= 0.3 is 0 Å². The highest BCUT2D eigenvalue weighted by atomic mass is 16.3. The molecule has 0 spiro atoms. The topological polar surface area (TPSA) is 26.1 Å². The lowest BCUT2D eigenvalue weighted by Gasteiger charge is -2.41. The average molecular weight is 787 g/mol. The van der Waals surface area contributed by atoms with Gasteiger partial charge in [-0.05, 0) is 158 Å². The van der Waals surface area contributed by atoms with Crippen molar-refractivity contribution in [3.8, 4) is 0 Å². The Morgan fingerprint density at radius 1 is 0.279 bits per heavy atom. The smallest absolute Gasteiger partial charge is 0.137 e. The molecule has 0 radical (unpaired) electrons. The molecule has 0 saturated heterocycles. The fourth-order valence-corrected chi connectivity index (χ4v) is 9.92. The summed E-state index contributed by atoms with van der Waals surface area (Å²) in [6, 6.07) is 66.5. The van der Waals surface area contributed by atoms with Crippen LogP contribution in [0.4, 0.5) is 68.2 Å². The first-order valence-corrected chi connectivity index (χ1v) is 21.0. The van der Waals surface area contributed by atoms with Gasteiger partial charge in [-0.2, -0.15) is 0 Å². The van der Waals surface area contributed by atoms with E-state index in [1.54, 1.807) is 0 Å². The quantitative estimate of drug-likeness (QED) is 0.177. The molecule has 0 unspecified atom stereocenters. The van der Waals surface area contributed by atoms with Crippen molar-refractivity contribution >= 4 is 101 Å². The van der Waals surface area contributed by atoms with Crippen molar-refractivity contribution in [1.29, 1.82) is 0 Å². The summed E-state index contributed by atoms with van der Waals surface area (Å²) < 4.78 is 6.55. The van der Waals surface area contributed by atoms with Gasteiger partial charge in [0.15, 0.2) is 0 Å². The number of hydrogen-bond acceptors (Lipinski definition) is 5. The zero-order valence-electron chi connectivity index (χ0n) is 34.5. The molecule has 12 rings (SSSR count). The van der Waals surface area contributed by atoms with E-state index in [0.29, 0.717) is 0 Å². The molecule has 61 heavy (non-hydrogen) atoms. The van der Waals surface area contributed by atoms with Gasteiger partial charge in [-0.15, -0.1) is 0 Å². The molecule has 0 N–H and O–H groups in total. The summed E-state index contributed by atoms with van der Waals surface area (Å²) >= 11 is 0. The molecule has 10 aromatic rings. The molecule has 0 amide bonds. The largest absolute Gasteiger partial charge is 0.456 e. The molecule has 3 heterocycles. The highest BCUT2D eigenvalue weighted by Gasteiger charge is 2.33. The van der Waals surface area contributed by atoms with Crippen LogP contribution in [0.2, 0.25) is 0 Å². The summed E-state index contributed by atoms with van der Waals surface area (Å²) in [6.45, 7) is 8.70. The third kappa shape index (κ3) is 5.54. The molecule has 0 saturated carbocycles. The van der Waals surface area contributed by atoms with Crippen LogP contribution >= 0.6 is 0 Å². The summed E-state index contributed by atoms with van der Waals surface area (Å²) in [5.41, 5.74) is 20.2. The van der Waals surface area contributed by atoms with Gasteiger partial charge in [-0.3, -0.25) is 0 Å². The van der Waals surface area contributed by atoms with Crippen molar-refractivity contribution in [2.75, 3.05) is 19.6 Å². The minimum Gasteiger partial charge on any atom is -0.456 e. The third-order valence-corrected chi connectivity index (χ3v) is 12.3. The molecule has 0 aliphatic carbocycles. The molecular formula is C56H42N4O. The molecule has 0 bridgehead atoms. The van der Waals surface area contributed by atoms with Crippen LogP contribution in [0.1, 0.15) is 22.3 Å². The van der Waals surface area contributed by atoms with E-state index in [1.165, 1.54) is 33.3 Å². The summed E-state index contributed by atoms with van der Waals surface area (Å²) in [5, 5.41) is 4.55. The van der Waals surface area contributed by atoms with Crippen molar-refractivity contribution in [2.45, 2.75) is 27.7 Å². The van der Waals surface area contributed by atoms with Crippen molar-refractivity contribution in [3.63, 3.8) is 0 Å². The molecule has 2 aliphatic rings. The molecule has 0 atom stereocenters. The van der Waals surface area contributed by atoms with E-state index in [1.807, 2.05) is 6.07 Å². The normalized spacial score (nSPS) is 13.1. The number of furan rings is 1. The van der Waals surface area contributed by atoms with Gasteiger partial charge in [0.2, 0.25) is 0 Å². The van der Waals surface area contributed by atoms with E-state index < -0.39 is 0 Å². The zero-order chi connectivity index (χ0) is 40.9. The Morgan fingerprint density at radius 3 is 1.13 bits per heavy atom. The number of fused-ring (bicyclic) bond motifs is 8. The van der Waals surface area contributed by atoms with Crippen LogP contribution in [0, 0.1) is 27.7 Å². The van der Waals surface area contributed by atoms with Crippen LogP contribution < -0.4 is 19.6 Å². The Bertz CT molecular complexity index is 3330. The maximum atomic E-state index is 6.55. The Labute approximate surface area is 355 Å². The van der Waals surface area contributed by atoms with E-state index in [2.05, 4.69) is 223 Å². The zero-order valence-corrected chi connectivity index (χ0v) is 34.5. The van der Waals surface area contributed by atoms with E-state index in [4.69, 9.17) is 4.42 Å².